The molecule has 0 radical (unpaired) electrons. The zero-order valence-corrected chi connectivity index (χ0v) is 11.4. The van der Waals surface area contributed by atoms with Gasteiger partial charge in [-0.3, -0.25) is 4.79 Å². The van der Waals surface area contributed by atoms with Crippen molar-refractivity contribution in [3.63, 3.8) is 0 Å². The van der Waals surface area contributed by atoms with Crippen molar-refractivity contribution in [3.8, 4) is 0 Å². The first-order valence-electron chi connectivity index (χ1n) is 6.58. The van der Waals surface area contributed by atoms with Crippen molar-refractivity contribution in [1.82, 2.24) is 0 Å². The molecule has 19 heavy (non-hydrogen) atoms. The Balaban J connectivity index is 1.95. The molecule has 0 aliphatic carbocycles. The van der Waals surface area contributed by atoms with E-state index >= 15 is 0 Å². The van der Waals surface area contributed by atoms with Gasteiger partial charge in [0.15, 0.2) is 0 Å². The Hall–Kier alpha value is -1.39. The fraction of sp³-hybridized carbons (Fsp3) is 0.533. The van der Waals surface area contributed by atoms with Gasteiger partial charge in [-0.25, -0.2) is 0 Å². The van der Waals surface area contributed by atoms with E-state index in [-0.39, 0.29) is 18.2 Å². The number of carbonyl (C=O) groups excluding carboxylic acids is 1. The highest BCUT2D eigenvalue weighted by Crippen LogP contribution is 2.24. The lowest BCUT2D eigenvalue weighted by Gasteiger charge is -2.16. The fourth-order valence-corrected chi connectivity index (χ4v) is 2.00. The Bertz CT molecular complexity index is 426. The molecule has 1 aromatic rings. The summed E-state index contributed by atoms with van der Waals surface area (Å²) in [6.45, 7) is 3.46. The smallest absolute Gasteiger partial charge is 0.305 e. The van der Waals surface area contributed by atoms with E-state index < -0.39 is 0 Å². The topological polar surface area (TPSA) is 48.1 Å². The number of esters is 1. The summed E-state index contributed by atoms with van der Waals surface area (Å²) in [6, 6.07) is 8.05. The Kier molecular flexibility index (Phi) is 4.93. The molecule has 0 spiro atoms. The van der Waals surface area contributed by atoms with Gasteiger partial charge in [0, 0.05) is 6.42 Å². The fourth-order valence-electron chi connectivity index (χ4n) is 2.00. The highest BCUT2D eigenvalue weighted by Gasteiger charge is 2.24. The third kappa shape index (κ3) is 4.33. The molecule has 2 unspecified atom stereocenters. The van der Waals surface area contributed by atoms with Gasteiger partial charge in [0.1, 0.15) is 6.10 Å². The minimum absolute atomic E-state index is 0.0121. The molecule has 0 amide bonds. The molecule has 1 aromatic carbocycles. The van der Waals surface area contributed by atoms with Gasteiger partial charge in [0.25, 0.3) is 0 Å². The van der Waals surface area contributed by atoms with Crippen LogP contribution in [0.15, 0.2) is 24.3 Å². The van der Waals surface area contributed by atoms with Crippen LogP contribution in [0.3, 0.4) is 0 Å². The highest BCUT2D eigenvalue weighted by molar-refractivity contribution is 5.69. The average Bonchev–Trinajstić information content (AvgIpc) is 3.26. The first kappa shape index (κ1) is 14.0. The minimum atomic E-state index is -0.185. The first-order chi connectivity index (χ1) is 9.20. The largest absolute Gasteiger partial charge is 0.469 e. The summed E-state index contributed by atoms with van der Waals surface area (Å²) in [7, 11) is 1.41. The lowest BCUT2D eigenvalue weighted by atomic mass is 9.99. The number of epoxide rings is 1. The molecule has 0 N–H and O–H groups in total. The van der Waals surface area contributed by atoms with Crippen LogP contribution in [0.5, 0.6) is 0 Å². The van der Waals surface area contributed by atoms with Crippen molar-refractivity contribution >= 4 is 5.97 Å². The van der Waals surface area contributed by atoms with Gasteiger partial charge in [-0.05, 0) is 24.5 Å². The van der Waals surface area contributed by atoms with Gasteiger partial charge < -0.3 is 14.2 Å². The van der Waals surface area contributed by atoms with Gasteiger partial charge >= 0.3 is 5.97 Å². The zero-order chi connectivity index (χ0) is 13.7. The van der Waals surface area contributed by atoms with Crippen molar-refractivity contribution in [2.75, 3.05) is 20.3 Å². The van der Waals surface area contributed by atoms with Gasteiger partial charge in [0.05, 0.1) is 26.4 Å². The predicted molar refractivity (Wildman–Crippen MR) is 70.9 cm³/mol. The van der Waals surface area contributed by atoms with Crippen LogP contribution >= 0.6 is 0 Å². The molecule has 1 saturated heterocycles. The molecule has 104 valence electrons. The second-order valence-electron chi connectivity index (χ2n) is 4.71. The predicted octanol–water partition coefficient (Wildman–Crippen LogP) is 2.27. The molecular weight excluding hydrogens is 244 g/mol. The third-order valence-electron chi connectivity index (χ3n) is 3.25. The number of benzene rings is 1. The maximum atomic E-state index is 11.2. The summed E-state index contributed by atoms with van der Waals surface area (Å²) in [5, 5.41) is 0. The Morgan fingerprint density at radius 2 is 2.21 bits per heavy atom. The number of methoxy groups -OCH3 is 1. The van der Waals surface area contributed by atoms with Gasteiger partial charge in [-0.15, -0.1) is 0 Å². The Labute approximate surface area is 113 Å². The third-order valence-corrected chi connectivity index (χ3v) is 3.25. The first-order valence-corrected chi connectivity index (χ1v) is 6.58. The van der Waals surface area contributed by atoms with Crippen molar-refractivity contribution < 1.29 is 19.0 Å². The van der Waals surface area contributed by atoms with E-state index in [9.17, 15) is 4.79 Å². The van der Waals surface area contributed by atoms with Crippen molar-refractivity contribution in [2.45, 2.75) is 32.0 Å². The maximum Gasteiger partial charge on any atom is 0.305 e. The Morgan fingerprint density at radius 3 is 2.89 bits per heavy atom. The normalized spacial score (nSPS) is 18.9. The van der Waals surface area contributed by atoms with Crippen molar-refractivity contribution in [2.24, 2.45) is 0 Å². The van der Waals surface area contributed by atoms with E-state index in [1.807, 2.05) is 31.2 Å². The van der Waals surface area contributed by atoms with Crippen LogP contribution in [0, 0.1) is 0 Å². The highest BCUT2D eigenvalue weighted by atomic mass is 16.6. The molecule has 1 aliphatic rings. The summed E-state index contributed by atoms with van der Waals surface area (Å²) in [5.41, 5.74) is 2.27. The number of ether oxygens (including phenoxy) is 3. The van der Waals surface area contributed by atoms with Crippen molar-refractivity contribution in [1.29, 1.82) is 0 Å². The van der Waals surface area contributed by atoms with E-state index in [0.29, 0.717) is 19.4 Å². The molecule has 1 heterocycles. The van der Waals surface area contributed by atoms with E-state index in [2.05, 4.69) is 4.74 Å². The SMILES string of the molecule is COC(=O)CCc1ccccc1C(C)OCC1CO1. The minimum Gasteiger partial charge on any atom is -0.469 e. The number of hydrogen-bond donors (Lipinski definition) is 0. The van der Waals surface area contributed by atoms with Gasteiger partial charge in [-0.2, -0.15) is 0 Å². The van der Waals surface area contributed by atoms with Crippen LogP contribution in [0.2, 0.25) is 0 Å². The summed E-state index contributed by atoms with van der Waals surface area (Å²) in [4.78, 5) is 11.2. The second-order valence-corrected chi connectivity index (χ2v) is 4.71. The van der Waals surface area contributed by atoms with Gasteiger partial charge in [0.2, 0.25) is 0 Å². The molecule has 2 atom stereocenters. The van der Waals surface area contributed by atoms with Gasteiger partial charge in [-0.1, -0.05) is 24.3 Å². The standard InChI is InChI=1S/C15H20O4/c1-11(18-9-13-10-19-13)14-6-4-3-5-12(14)7-8-15(16)17-2/h3-6,11,13H,7-10H2,1-2H3. The van der Waals surface area contributed by atoms with Crippen LogP contribution in [0.25, 0.3) is 0 Å². The molecule has 1 fully saturated rings. The lowest BCUT2D eigenvalue weighted by molar-refractivity contribution is -0.140. The summed E-state index contributed by atoms with van der Waals surface area (Å²) in [6.07, 6.45) is 1.35. The molecule has 0 aromatic heterocycles. The van der Waals surface area contributed by atoms with E-state index in [1.54, 1.807) is 0 Å². The zero-order valence-electron chi connectivity index (χ0n) is 11.4. The van der Waals surface area contributed by atoms with Crippen LogP contribution in [-0.2, 0) is 25.4 Å². The van der Waals surface area contributed by atoms with Crippen LogP contribution in [0.4, 0.5) is 0 Å². The van der Waals surface area contributed by atoms with E-state index in [0.717, 1.165) is 17.7 Å². The molecule has 1 aliphatic heterocycles. The van der Waals surface area contributed by atoms with E-state index in [1.165, 1.54) is 7.11 Å². The number of hydrogen-bond acceptors (Lipinski definition) is 4. The molecule has 4 nitrogen and oxygen atoms in total. The monoisotopic (exact) mass is 264 g/mol. The Morgan fingerprint density at radius 1 is 1.47 bits per heavy atom. The molecule has 0 saturated carbocycles. The van der Waals surface area contributed by atoms with Crippen LogP contribution < -0.4 is 0 Å². The van der Waals surface area contributed by atoms with Crippen LogP contribution in [0.1, 0.15) is 30.6 Å². The number of rotatable bonds is 7. The van der Waals surface area contributed by atoms with Crippen LogP contribution in [-0.4, -0.2) is 32.4 Å². The summed E-state index contributed by atoms with van der Waals surface area (Å²) < 4.78 is 15.6. The molecular formula is C15H20O4. The van der Waals surface area contributed by atoms with E-state index in [4.69, 9.17) is 9.47 Å². The average molecular weight is 264 g/mol. The lowest BCUT2D eigenvalue weighted by Crippen LogP contribution is -2.09. The number of aryl methyl sites for hydroxylation is 1. The second kappa shape index (κ2) is 6.68. The summed E-state index contributed by atoms with van der Waals surface area (Å²) in [5.74, 6) is -0.185. The molecule has 2 rings (SSSR count). The van der Waals surface area contributed by atoms with Crippen molar-refractivity contribution in [3.05, 3.63) is 35.4 Å². The molecule has 0 bridgehead atoms. The summed E-state index contributed by atoms with van der Waals surface area (Å²) >= 11 is 0. The number of carbonyl (C=O) groups is 1. The maximum absolute atomic E-state index is 11.2. The quantitative estimate of drug-likeness (QED) is 0.560. The molecule has 4 heteroatoms.